The van der Waals surface area contributed by atoms with E-state index < -0.39 is 0 Å². The van der Waals surface area contributed by atoms with Gasteiger partial charge in [0.05, 0.1) is 0 Å². The lowest BCUT2D eigenvalue weighted by Crippen LogP contribution is -2.52. The molecule has 0 heterocycles. The standard InChI is InChI=1S/C14H28N2O/c1-4-14(15,5-2)11-16-12(17)13(3)9-7-6-8-10-13/h4-11,15H2,1-3H3,(H,16,17). The van der Waals surface area contributed by atoms with Crippen molar-refractivity contribution in [2.75, 3.05) is 6.54 Å². The van der Waals surface area contributed by atoms with Crippen molar-refractivity contribution in [1.82, 2.24) is 5.32 Å². The molecule has 0 aromatic carbocycles. The van der Waals surface area contributed by atoms with Gasteiger partial charge in [-0.2, -0.15) is 0 Å². The minimum atomic E-state index is -0.235. The van der Waals surface area contributed by atoms with E-state index in [1.165, 1.54) is 19.3 Å². The number of hydrogen-bond donors (Lipinski definition) is 2. The lowest BCUT2D eigenvalue weighted by Gasteiger charge is -2.34. The highest BCUT2D eigenvalue weighted by Crippen LogP contribution is 2.35. The third-order valence-electron chi connectivity index (χ3n) is 4.51. The van der Waals surface area contributed by atoms with Gasteiger partial charge in [-0.3, -0.25) is 4.79 Å². The second kappa shape index (κ2) is 5.85. The molecule has 1 aliphatic rings. The Labute approximate surface area is 106 Å². The van der Waals surface area contributed by atoms with E-state index in [2.05, 4.69) is 26.1 Å². The minimum absolute atomic E-state index is 0.152. The smallest absolute Gasteiger partial charge is 0.226 e. The number of amides is 1. The van der Waals surface area contributed by atoms with Gasteiger partial charge < -0.3 is 11.1 Å². The molecule has 0 spiro atoms. The molecule has 0 aromatic rings. The largest absolute Gasteiger partial charge is 0.354 e. The van der Waals surface area contributed by atoms with E-state index in [1.807, 2.05) is 0 Å². The van der Waals surface area contributed by atoms with Crippen LogP contribution in [0.2, 0.25) is 0 Å². The minimum Gasteiger partial charge on any atom is -0.354 e. The molecule has 0 aliphatic heterocycles. The fourth-order valence-corrected chi connectivity index (χ4v) is 2.53. The van der Waals surface area contributed by atoms with Crippen LogP contribution in [0.5, 0.6) is 0 Å². The van der Waals surface area contributed by atoms with Crippen LogP contribution in [0, 0.1) is 5.41 Å². The van der Waals surface area contributed by atoms with Crippen LogP contribution in [0.1, 0.15) is 65.7 Å². The van der Waals surface area contributed by atoms with Gasteiger partial charge in [-0.25, -0.2) is 0 Å². The van der Waals surface area contributed by atoms with Gasteiger partial charge in [-0.1, -0.05) is 40.0 Å². The molecule has 3 nitrogen and oxygen atoms in total. The predicted molar refractivity (Wildman–Crippen MR) is 71.7 cm³/mol. The number of rotatable bonds is 5. The van der Waals surface area contributed by atoms with Crippen molar-refractivity contribution in [3.63, 3.8) is 0 Å². The van der Waals surface area contributed by atoms with Gasteiger partial charge in [0.2, 0.25) is 5.91 Å². The van der Waals surface area contributed by atoms with E-state index in [-0.39, 0.29) is 16.9 Å². The predicted octanol–water partition coefficient (Wildman–Crippen LogP) is 2.59. The molecule has 1 saturated carbocycles. The lowest BCUT2D eigenvalue weighted by atomic mass is 9.75. The van der Waals surface area contributed by atoms with Crippen molar-refractivity contribution in [2.24, 2.45) is 11.1 Å². The molecule has 0 saturated heterocycles. The summed E-state index contributed by atoms with van der Waals surface area (Å²) in [5, 5.41) is 3.07. The van der Waals surface area contributed by atoms with Gasteiger partial charge in [0.25, 0.3) is 0 Å². The third-order valence-corrected chi connectivity index (χ3v) is 4.51. The number of nitrogens with one attached hydrogen (secondary N) is 1. The van der Waals surface area contributed by atoms with Gasteiger partial charge in [0.15, 0.2) is 0 Å². The number of hydrogen-bond acceptors (Lipinski definition) is 2. The SMILES string of the molecule is CCC(N)(CC)CNC(=O)C1(C)CCCCC1. The zero-order chi connectivity index (χ0) is 12.9. The Balaban J connectivity index is 2.48. The van der Waals surface area contributed by atoms with Crippen LogP contribution in [-0.2, 0) is 4.79 Å². The van der Waals surface area contributed by atoms with E-state index in [1.54, 1.807) is 0 Å². The van der Waals surface area contributed by atoms with Crippen molar-refractivity contribution in [3.05, 3.63) is 0 Å². The van der Waals surface area contributed by atoms with E-state index in [9.17, 15) is 4.79 Å². The Kier molecular flexibility index (Phi) is 4.99. The molecule has 0 unspecified atom stereocenters. The van der Waals surface area contributed by atoms with Crippen molar-refractivity contribution >= 4 is 5.91 Å². The second-order valence-electron chi connectivity index (χ2n) is 5.87. The highest BCUT2D eigenvalue weighted by atomic mass is 16.2. The molecule has 1 amide bonds. The fraction of sp³-hybridized carbons (Fsp3) is 0.929. The van der Waals surface area contributed by atoms with Crippen LogP contribution < -0.4 is 11.1 Å². The Morgan fingerprint density at radius 3 is 2.24 bits per heavy atom. The summed E-state index contributed by atoms with van der Waals surface area (Å²) in [4.78, 5) is 12.2. The van der Waals surface area contributed by atoms with Gasteiger partial charge in [-0.15, -0.1) is 0 Å². The van der Waals surface area contributed by atoms with Crippen LogP contribution >= 0.6 is 0 Å². The monoisotopic (exact) mass is 240 g/mol. The van der Waals surface area contributed by atoms with Crippen LogP contribution in [0.15, 0.2) is 0 Å². The summed E-state index contributed by atoms with van der Waals surface area (Å²) in [7, 11) is 0. The molecule has 0 aromatic heterocycles. The zero-order valence-electron chi connectivity index (χ0n) is 11.6. The van der Waals surface area contributed by atoms with Crippen molar-refractivity contribution in [2.45, 2.75) is 71.3 Å². The molecule has 17 heavy (non-hydrogen) atoms. The Bertz CT molecular complexity index is 253. The van der Waals surface area contributed by atoms with E-state index in [4.69, 9.17) is 5.73 Å². The molecule has 1 rings (SSSR count). The first-order valence-electron chi connectivity index (χ1n) is 7.03. The third kappa shape index (κ3) is 3.70. The van der Waals surface area contributed by atoms with Crippen molar-refractivity contribution in [3.8, 4) is 0 Å². The Hall–Kier alpha value is -0.570. The first-order chi connectivity index (χ1) is 7.96. The normalized spacial score (nSPS) is 20.0. The molecule has 0 atom stereocenters. The molecular weight excluding hydrogens is 212 g/mol. The second-order valence-corrected chi connectivity index (χ2v) is 5.87. The van der Waals surface area contributed by atoms with Crippen molar-refractivity contribution in [1.29, 1.82) is 0 Å². The number of carbonyl (C=O) groups is 1. The molecule has 100 valence electrons. The quantitative estimate of drug-likeness (QED) is 0.776. The fourth-order valence-electron chi connectivity index (χ4n) is 2.53. The topological polar surface area (TPSA) is 55.1 Å². The summed E-state index contributed by atoms with van der Waals surface area (Å²) in [6, 6.07) is 0. The highest BCUT2D eigenvalue weighted by molar-refractivity contribution is 5.82. The molecule has 3 N–H and O–H groups in total. The highest BCUT2D eigenvalue weighted by Gasteiger charge is 2.35. The van der Waals surface area contributed by atoms with E-state index in [0.717, 1.165) is 25.7 Å². The maximum Gasteiger partial charge on any atom is 0.226 e. The molecule has 0 radical (unpaired) electrons. The molecule has 1 fully saturated rings. The summed E-state index contributed by atoms with van der Waals surface area (Å²) in [5.41, 5.74) is 5.82. The average molecular weight is 240 g/mol. The van der Waals surface area contributed by atoms with Crippen molar-refractivity contribution < 1.29 is 4.79 Å². The summed E-state index contributed by atoms with van der Waals surface area (Å²) in [6.07, 6.45) is 7.48. The molecule has 3 heteroatoms. The summed E-state index contributed by atoms with van der Waals surface area (Å²) < 4.78 is 0. The number of nitrogens with two attached hydrogens (primary N) is 1. The zero-order valence-corrected chi connectivity index (χ0v) is 11.6. The maximum absolute atomic E-state index is 12.2. The summed E-state index contributed by atoms with van der Waals surface area (Å²) >= 11 is 0. The molecular formula is C14H28N2O. The van der Waals surface area contributed by atoms with E-state index >= 15 is 0 Å². The first kappa shape index (κ1) is 14.5. The maximum atomic E-state index is 12.2. The summed E-state index contributed by atoms with van der Waals surface area (Å²) in [5.74, 6) is 0.203. The number of carbonyl (C=O) groups excluding carboxylic acids is 1. The first-order valence-corrected chi connectivity index (χ1v) is 7.03. The Morgan fingerprint density at radius 2 is 1.76 bits per heavy atom. The van der Waals surface area contributed by atoms with Gasteiger partial charge in [-0.05, 0) is 25.7 Å². The average Bonchev–Trinajstić information content (AvgIpc) is 2.36. The molecule has 0 bridgehead atoms. The van der Waals surface area contributed by atoms with Gasteiger partial charge in [0.1, 0.15) is 0 Å². The molecule has 1 aliphatic carbocycles. The Morgan fingerprint density at radius 1 is 1.24 bits per heavy atom. The van der Waals surface area contributed by atoms with Gasteiger partial charge >= 0.3 is 0 Å². The van der Waals surface area contributed by atoms with Gasteiger partial charge in [0, 0.05) is 17.5 Å². The van der Waals surface area contributed by atoms with Crippen LogP contribution in [0.25, 0.3) is 0 Å². The van der Waals surface area contributed by atoms with Crippen LogP contribution in [-0.4, -0.2) is 18.0 Å². The van der Waals surface area contributed by atoms with E-state index in [0.29, 0.717) is 6.54 Å². The van der Waals surface area contributed by atoms with Crippen LogP contribution in [0.4, 0.5) is 0 Å². The lowest BCUT2D eigenvalue weighted by molar-refractivity contribution is -0.132. The summed E-state index contributed by atoms with van der Waals surface area (Å²) in [6.45, 7) is 6.86. The van der Waals surface area contributed by atoms with Crippen LogP contribution in [0.3, 0.4) is 0 Å².